The minimum absolute atomic E-state index is 0.0782. The first-order valence-corrected chi connectivity index (χ1v) is 8.22. The highest BCUT2D eigenvalue weighted by Crippen LogP contribution is 2.30. The molecule has 0 radical (unpaired) electrons. The van der Waals surface area contributed by atoms with E-state index in [4.69, 9.17) is 5.11 Å². The number of hydrogen-bond donors (Lipinski definition) is 4. The van der Waals surface area contributed by atoms with E-state index in [1.54, 1.807) is 24.5 Å². The molecule has 0 aliphatic carbocycles. The van der Waals surface area contributed by atoms with Crippen LogP contribution in [0, 0.1) is 0 Å². The van der Waals surface area contributed by atoms with E-state index < -0.39 is 0 Å². The van der Waals surface area contributed by atoms with Gasteiger partial charge in [0, 0.05) is 52.8 Å². The molecule has 26 heavy (non-hydrogen) atoms. The topological polar surface area (TPSA) is 107 Å². The van der Waals surface area contributed by atoms with Crippen LogP contribution in [0.15, 0.2) is 55.1 Å². The Hall–Kier alpha value is -3.45. The van der Waals surface area contributed by atoms with Crippen LogP contribution < -0.4 is 5.32 Å². The molecule has 1 amide bonds. The van der Waals surface area contributed by atoms with E-state index in [-0.39, 0.29) is 19.1 Å². The molecule has 0 unspecified atom stereocenters. The van der Waals surface area contributed by atoms with Crippen molar-refractivity contribution in [3.05, 3.63) is 60.7 Å². The van der Waals surface area contributed by atoms with Gasteiger partial charge in [-0.05, 0) is 23.8 Å². The van der Waals surface area contributed by atoms with Crippen molar-refractivity contribution in [2.24, 2.45) is 0 Å². The maximum Gasteiger partial charge on any atom is 0.251 e. The number of fused-ring (bicyclic) bond motifs is 1. The molecule has 1 aromatic carbocycles. The molecule has 0 atom stereocenters. The third-order valence-electron chi connectivity index (χ3n) is 4.22. The molecular weight excluding hydrogens is 330 g/mol. The van der Waals surface area contributed by atoms with Crippen molar-refractivity contribution in [2.45, 2.75) is 0 Å². The number of rotatable bonds is 5. The van der Waals surface area contributed by atoms with Crippen molar-refractivity contribution in [3.8, 4) is 22.3 Å². The molecule has 0 bridgehead atoms. The predicted molar refractivity (Wildman–Crippen MR) is 98.5 cm³/mol. The first-order valence-electron chi connectivity index (χ1n) is 8.22. The van der Waals surface area contributed by atoms with Gasteiger partial charge in [-0.1, -0.05) is 12.1 Å². The summed E-state index contributed by atoms with van der Waals surface area (Å²) in [6.07, 6.45) is 7.34. The number of aliphatic hydroxyl groups is 1. The lowest BCUT2D eigenvalue weighted by Crippen LogP contribution is -2.26. The summed E-state index contributed by atoms with van der Waals surface area (Å²) in [5.41, 5.74) is 5.32. The van der Waals surface area contributed by atoms with Crippen LogP contribution in [0.5, 0.6) is 0 Å². The fraction of sp³-hybridized carbons (Fsp3) is 0.105. The molecule has 7 nitrogen and oxygen atoms in total. The van der Waals surface area contributed by atoms with Crippen molar-refractivity contribution >= 4 is 16.9 Å². The van der Waals surface area contributed by atoms with Gasteiger partial charge in [-0.25, -0.2) is 4.98 Å². The van der Waals surface area contributed by atoms with Gasteiger partial charge >= 0.3 is 0 Å². The molecule has 0 fully saturated rings. The van der Waals surface area contributed by atoms with Crippen molar-refractivity contribution in [3.63, 3.8) is 0 Å². The van der Waals surface area contributed by atoms with Gasteiger partial charge in [-0.3, -0.25) is 9.89 Å². The first-order chi connectivity index (χ1) is 12.8. The van der Waals surface area contributed by atoms with Gasteiger partial charge in [0.05, 0.1) is 12.8 Å². The zero-order valence-corrected chi connectivity index (χ0v) is 13.9. The summed E-state index contributed by atoms with van der Waals surface area (Å²) in [4.78, 5) is 19.6. The first kappa shape index (κ1) is 16.0. The number of nitrogens with one attached hydrogen (secondary N) is 3. The van der Waals surface area contributed by atoms with Crippen LogP contribution in [0.4, 0.5) is 0 Å². The number of aliphatic hydroxyl groups excluding tert-OH is 1. The van der Waals surface area contributed by atoms with Gasteiger partial charge in [0.15, 0.2) is 0 Å². The highest BCUT2D eigenvalue weighted by molar-refractivity contribution is 5.96. The Bertz CT molecular complexity index is 1040. The standard InChI is InChI=1S/C19H17N5O2/c25-6-5-20-19(26)13-3-1-12(2-4-13)14-7-16-17(15-9-23-24-10-15)11-22-18(16)21-8-14/h1-4,7-11,25H,5-6H2,(H,20,26)(H,21,22)(H,23,24). The summed E-state index contributed by atoms with van der Waals surface area (Å²) in [7, 11) is 0. The van der Waals surface area contributed by atoms with E-state index in [2.05, 4.69) is 31.5 Å². The third-order valence-corrected chi connectivity index (χ3v) is 4.22. The Kier molecular flexibility index (Phi) is 4.20. The molecule has 0 saturated heterocycles. The van der Waals surface area contributed by atoms with Crippen LogP contribution in [0.1, 0.15) is 10.4 Å². The minimum Gasteiger partial charge on any atom is -0.395 e. The number of benzene rings is 1. The van der Waals surface area contributed by atoms with Gasteiger partial charge in [-0.2, -0.15) is 5.10 Å². The summed E-state index contributed by atoms with van der Waals surface area (Å²) in [5, 5.41) is 19.3. The molecular formula is C19H17N5O2. The highest BCUT2D eigenvalue weighted by atomic mass is 16.3. The van der Waals surface area contributed by atoms with Crippen LogP contribution in [-0.2, 0) is 0 Å². The van der Waals surface area contributed by atoms with Gasteiger partial charge in [0.1, 0.15) is 5.65 Å². The van der Waals surface area contributed by atoms with Gasteiger partial charge in [0.25, 0.3) is 5.91 Å². The fourth-order valence-corrected chi connectivity index (χ4v) is 2.88. The van der Waals surface area contributed by atoms with Crippen LogP contribution in [0.3, 0.4) is 0 Å². The Morgan fingerprint density at radius 2 is 1.92 bits per heavy atom. The number of H-pyrrole nitrogens is 2. The number of aromatic amines is 2. The van der Waals surface area contributed by atoms with Crippen molar-refractivity contribution < 1.29 is 9.90 Å². The second-order valence-electron chi connectivity index (χ2n) is 5.87. The summed E-state index contributed by atoms with van der Waals surface area (Å²) < 4.78 is 0. The second-order valence-corrected chi connectivity index (χ2v) is 5.87. The van der Waals surface area contributed by atoms with E-state index >= 15 is 0 Å². The number of hydrogen-bond acceptors (Lipinski definition) is 4. The lowest BCUT2D eigenvalue weighted by molar-refractivity contribution is 0.0945. The van der Waals surface area contributed by atoms with Crippen molar-refractivity contribution in [2.75, 3.05) is 13.2 Å². The predicted octanol–water partition coefficient (Wildman–Crippen LogP) is 2.34. The van der Waals surface area contributed by atoms with Gasteiger partial charge in [0.2, 0.25) is 0 Å². The molecule has 4 aromatic rings. The number of aromatic nitrogens is 4. The summed E-state index contributed by atoms with van der Waals surface area (Å²) in [6, 6.07) is 9.38. The number of amides is 1. The Morgan fingerprint density at radius 3 is 2.65 bits per heavy atom. The lowest BCUT2D eigenvalue weighted by Gasteiger charge is -2.06. The average Bonchev–Trinajstić information content (AvgIpc) is 3.35. The third kappa shape index (κ3) is 2.96. The minimum atomic E-state index is -0.202. The van der Waals surface area contributed by atoms with Gasteiger partial charge in [-0.15, -0.1) is 0 Å². The molecule has 3 aromatic heterocycles. The fourth-order valence-electron chi connectivity index (χ4n) is 2.88. The van der Waals surface area contributed by atoms with Crippen LogP contribution in [-0.4, -0.2) is 44.3 Å². The summed E-state index contributed by atoms with van der Waals surface area (Å²) in [6.45, 7) is 0.163. The van der Waals surface area contributed by atoms with Crippen molar-refractivity contribution in [1.82, 2.24) is 25.5 Å². The maximum atomic E-state index is 11.9. The lowest BCUT2D eigenvalue weighted by atomic mass is 10.0. The zero-order valence-electron chi connectivity index (χ0n) is 13.9. The average molecular weight is 347 g/mol. The SMILES string of the molecule is O=C(NCCO)c1ccc(-c2cnc3[nH]cc(-c4cn[nH]c4)c3c2)cc1. The van der Waals surface area contributed by atoms with Crippen LogP contribution in [0.2, 0.25) is 0 Å². The maximum absolute atomic E-state index is 11.9. The molecule has 4 N–H and O–H groups in total. The van der Waals surface area contributed by atoms with Crippen LogP contribution in [0.25, 0.3) is 33.3 Å². The van der Waals surface area contributed by atoms with E-state index in [0.717, 1.165) is 33.3 Å². The molecule has 0 aliphatic rings. The Balaban J connectivity index is 1.66. The monoisotopic (exact) mass is 347 g/mol. The molecule has 0 aliphatic heterocycles. The molecule has 0 spiro atoms. The number of carbonyl (C=O) groups is 1. The zero-order chi connectivity index (χ0) is 17.9. The molecule has 4 rings (SSSR count). The molecule has 3 heterocycles. The van der Waals surface area contributed by atoms with E-state index in [9.17, 15) is 4.79 Å². The normalized spacial score (nSPS) is 11.0. The van der Waals surface area contributed by atoms with Crippen molar-refractivity contribution in [1.29, 1.82) is 0 Å². The Morgan fingerprint density at radius 1 is 1.08 bits per heavy atom. The van der Waals surface area contributed by atoms with E-state index in [1.807, 2.05) is 24.5 Å². The van der Waals surface area contributed by atoms with Gasteiger partial charge < -0.3 is 15.4 Å². The molecule has 130 valence electrons. The Labute approximate surface area is 149 Å². The molecule has 7 heteroatoms. The molecule has 0 saturated carbocycles. The number of carbonyl (C=O) groups excluding carboxylic acids is 1. The highest BCUT2D eigenvalue weighted by Gasteiger charge is 2.10. The summed E-state index contributed by atoms with van der Waals surface area (Å²) >= 11 is 0. The van der Waals surface area contributed by atoms with Crippen LogP contribution >= 0.6 is 0 Å². The summed E-state index contributed by atoms with van der Waals surface area (Å²) in [5.74, 6) is -0.202. The van der Waals surface area contributed by atoms with E-state index in [1.165, 1.54) is 0 Å². The smallest absolute Gasteiger partial charge is 0.251 e. The number of pyridine rings is 1. The number of nitrogens with zero attached hydrogens (tertiary/aromatic N) is 2. The largest absolute Gasteiger partial charge is 0.395 e. The second kappa shape index (κ2) is 6.81. The quantitative estimate of drug-likeness (QED) is 0.444. The van der Waals surface area contributed by atoms with E-state index in [0.29, 0.717) is 5.56 Å².